The Hall–Kier alpha value is -3.58. The number of amides is 1. The number of rotatable bonds is 9. The lowest BCUT2D eigenvalue weighted by atomic mass is 10.1. The highest BCUT2D eigenvalue weighted by Gasteiger charge is 2.12. The highest BCUT2D eigenvalue weighted by atomic mass is 79.9. The molecule has 0 heterocycles. The van der Waals surface area contributed by atoms with Gasteiger partial charge in [0.1, 0.15) is 6.61 Å². The first kappa shape index (κ1) is 24.1. The van der Waals surface area contributed by atoms with E-state index in [0.29, 0.717) is 33.8 Å². The van der Waals surface area contributed by atoms with Crippen LogP contribution in [0.5, 0.6) is 11.5 Å². The van der Waals surface area contributed by atoms with Crippen LogP contribution in [0, 0.1) is 0 Å². The third-order valence-corrected chi connectivity index (χ3v) is 5.14. The van der Waals surface area contributed by atoms with Gasteiger partial charge in [-0.1, -0.05) is 36.4 Å². The van der Waals surface area contributed by atoms with Crippen molar-refractivity contribution >= 4 is 39.6 Å². The van der Waals surface area contributed by atoms with Crippen LogP contribution in [-0.2, 0) is 16.1 Å². The van der Waals surface area contributed by atoms with Crippen molar-refractivity contribution in [3.8, 4) is 11.5 Å². The Morgan fingerprint density at radius 1 is 1.03 bits per heavy atom. The van der Waals surface area contributed by atoms with E-state index in [2.05, 4.69) is 21.2 Å². The highest BCUT2D eigenvalue weighted by molar-refractivity contribution is 9.10. The van der Waals surface area contributed by atoms with Crippen molar-refractivity contribution in [2.24, 2.45) is 0 Å². The molecule has 0 aromatic heterocycles. The SMILES string of the molecule is CCOC(=O)c1cccc(NC(=O)/C=C/c2cc(Br)c(OCc3ccccc3)c(OC)c2)c1. The molecular weight excluding hydrogens is 486 g/mol. The molecule has 1 amide bonds. The summed E-state index contributed by atoms with van der Waals surface area (Å²) in [6.07, 6.45) is 3.07. The summed E-state index contributed by atoms with van der Waals surface area (Å²) in [5.74, 6) is 0.354. The average Bonchev–Trinajstić information content (AvgIpc) is 2.82. The number of methoxy groups -OCH3 is 1. The molecule has 33 heavy (non-hydrogen) atoms. The molecule has 0 atom stereocenters. The number of hydrogen-bond donors (Lipinski definition) is 1. The molecule has 0 radical (unpaired) electrons. The van der Waals surface area contributed by atoms with Crippen molar-refractivity contribution in [3.05, 3.63) is 94.0 Å². The maximum absolute atomic E-state index is 12.4. The number of ether oxygens (including phenoxy) is 3. The van der Waals surface area contributed by atoms with Crippen LogP contribution in [0.2, 0.25) is 0 Å². The summed E-state index contributed by atoms with van der Waals surface area (Å²) in [6, 6.07) is 20.1. The van der Waals surface area contributed by atoms with Gasteiger partial charge in [0.2, 0.25) is 5.91 Å². The van der Waals surface area contributed by atoms with E-state index in [1.165, 1.54) is 6.08 Å². The van der Waals surface area contributed by atoms with Crippen LogP contribution in [-0.4, -0.2) is 25.6 Å². The minimum atomic E-state index is -0.435. The van der Waals surface area contributed by atoms with E-state index in [4.69, 9.17) is 14.2 Å². The van der Waals surface area contributed by atoms with Gasteiger partial charge in [0.25, 0.3) is 0 Å². The Morgan fingerprint density at radius 2 is 1.82 bits per heavy atom. The topological polar surface area (TPSA) is 73.9 Å². The summed E-state index contributed by atoms with van der Waals surface area (Å²) in [4.78, 5) is 24.2. The van der Waals surface area contributed by atoms with E-state index in [1.54, 1.807) is 50.4 Å². The largest absolute Gasteiger partial charge is 0.493 e. The summed E-state index contributed by atoms with van der Waals surface area (Å²) < 4.78 is 17.1. The molecule has 0 saturated heterocycles. The predicted molar refractivity (Wildman–Crippen MR) is 132 cm³/mol. The summed E-state index contributed by atoms with van der Waals surface area (Å²) in [7, 11) is 1.56. The number of nitrogens with one attached hydrogen (secondary N) is 1. The second-order valence-electron chi connectivity index (χ2n) is 6.93. The van der Waals surface area contributed by atoms with E-state index in [0.717, 1.165) is 11.1 Å². The minimum Gasteiger partial charge on any atom is -0.493 e. The maximum Gasteiger partial charge on any atom is 0.338 e. The van der Waals surface area contributed by atoms with E-state index >= 15 is 0 Å². The van der Waals surface area contributed by atoms with Crippen molar-refractivity contribution < 1.29 is 23.8 Å². The molecule has 170 valence electrons. The van der Waals surface area contributed by atoms with Gasteiger partial charge in [-0.3, -0.25) is 4.79 Å². The molecule has 0 aliphatic carbocycles. The summed E-state index contributed by atoms with van der Waals surface area (Å²) in [5.41, 5.74) is 2.66. The van der Waals surface area contributed by atoms with Crippen molar-refractivity contribution in [1.82, 2.24) is 0 Å². The lowest BCUT2D eigenvalue weighted by molar-refractivity contribution is -0.111. The van der Waals surface area contributed by atoms with Crippen LogP contribution < -0.4 is 14.8 Å². The Morgan fingerprint density at radius 3 is 2.55 bits per heavy atom. The first-order chi connectivity index (χ1) is 16.0. The number of hydrogen-bond acceptors (Lipinski definition) is 5. The molecule has 7 heteroatoms. The standard InChI is InChI=1S/C26H24BrNO5/c1-3-32-26(30)20-10-7-11-21(16-20)28-24(29)13-12-19-14-22(27)25(23(15-19)31-2)33-17-18-8-5-4-6-9-18/h4-16H,3,17H2,1-2H3,(H,28,29)/b13-12+. The number of anilines is 1. The van der Waals surface area contributed by atoms with Crippen LogP contribution in [0.15, 0.2) is 77.3 Å². The zero-order chi connectivity index (χ0) is 23.6. The van der Waals surface area contributed by atoms with Crippen LogP contribution in [0.4, 0.5) is 5.69 Å². The van der Waals surface area contributed by atoms with Crippen LogP contribution in [0.1, 0.15) is 28.4 Å². The number of carbonyl (C=O) groups excluding carboxylic acids is 2. The van der Waals surface area contributed by atoms with E-state index in [9.17, 15) is 9.59 Å². The second kappa shape index (κ2) is 11.9. The Balaban J connectivity index is 1.68. The first-order valence-electron chi connectivity index (χ1n) is 10.3. The van der Waals surface area contributed by atoms with Gasteiger partial charge in [0.05, 0.1) is 23.8 Å². The van der Waals surface area contributed by atoms with Crippen molar-refractivity contribution in [2.75, 3.05) is 19.0 Å². The molecule has 0 unspecified atom stereocenters. The molecule has 1 N–H and O–H groups in total. The quantitative estimate of drug-likeness (QED) is 0.288. The van der Waals surface area contributed by atoms with Gasteiger partial charge in [-0.05, 0) is 70.4 Å². The van der Waals surface area contributed by atoms with Gasteiger partial charge in [-0.15, -0.1) is 0 Å². The molecule has 0 aliphatic rings. The predicted octanol–water partition coefficient (Wildman–Crippen LogP) is 5.87. The van der Waals surface area contributed by atoms with Gasteiger partial charge >= 0.3 is 5.97 Å². The van der Waals surface area contributed by atoms with Gasteiger partial charge in [0, 0.05) is 11.8 Å². The second-order valence-corrected chi connectivity index (χ2v) is 7.79. The molecule has 3 aromatic rings. The molecule has 0 bridgehead atoms. The molecule has 3 aromatic carbocycles. The van der Waals surface area contributed by atoms with E-state index in [1.807, 2.05) is 36.4 Å². The third-order valence-electron chi connectivity index (χ3n) is 4.55. The van der Waals surface area contributed by atoms with Crippen molar-refractivity contribution in [3.63, 3.8) is 0 Å². The van der Waals surface area contributed by atoms with Crippen LogP contribution >= 0.6 is 15.9 Å². The van der Waals surface area contributed by atoms with Crippen molar-refractivity contribution in [1.29, 1.82) is 0 Å². The third kappa shape index (κ3) is 6.95. The molecule has 3 rings (SSSR count). The molecular formula is C26H24BrNO5. The Kier molecular flexibility index (Phi) is 8.66. The van der Waals surface area contributed by atoms with E-state index < -0.39 is 5.97 Å². The fraction of sp³-hybridized carbons (Fsp3) is 0.154. The first-order valence-corrected chi connectivity index (χ1v) is 11.1. The van der Waals surface area contributed by atoms with Gasteiger partial charge < -0.3 is 19.5 Å². The van der Waals surface area contributed by atoms with Crippen LogP contribution in [0.25, 0.3) is 6.08 Å². The monoisotopic (exact) mass is 509 g/mol. The number of carbonyl (C=O) groups is 2. The number of esters is 1. The smallest absolute Gasteiger partial charge is 0.338 e. The Bertz CT molecular complexity index is 1140. The molecule has 0 aliphatic heterocycles. The summed E-state index contributed by atoms with van der Waals surface area (Å²) in [5, 5.41) is 2.74. The molecule has 0 spiro atoms. The number of halogens is 1. The summed E-state index contributed by atoms with van der Waals surface area (Å²) >= 11 is 3.52. The normalized spacial score (nSPS) is 10.6. The fourth-order valence-corrected chi connectivity index (χ4v) is 3.57. The lowest BCUT2D eigenvalue weighted by Gasteiger charge is -2.13. The van der Waals surface area contributed by atoms with Crippen molar-refractivity contribution in [2.45, 2.75) is 13.5 Å². The molecule has 0 saturated carbocycles. The van der Waals surface area contributed by atoms with Gasteiger partial charge in [-0.25, -0.2) is 4.79 Å². The molecule has 6 nitrogen and oxygen atoms in total. The maximum atomic E-state index is 12.4. The summed E-state index contributed by atoms with van der Waals surface area (Å²) in [6.45, 7) is 2.43. The fourth-order valence-electron chi connectivity index (χ4n) is 3.00. The van der Waals surface area contributed by atoms with Gasteiger partial charge in [-0.2, -0.15) is 0 Å². The zero-order valence-corrected chi connectivity index (χ0v) is 19.9. The lowest BCUT2D eigenvalue weighted by Crippen LogP contribution is -2.09. The van der Waals surface area contributed by atoms with Gasteiger partial charge in [0.15, 0.2) is 11.5 Å². The Labute approximate surface area is 201 Å². The van der Waals surface area contributed by atoms with E-state index in [-0.39, 0.29) is 12.5 Å². The minimum absolute atomic E-state index is 0.285. The molecule has 0 fully saturated rings. The average molecular weight is 510 g/mol. The van der Waals surface area contributed by atoms with Crippen LogP contribution in [0.3, 0.4) is 0 Å². The number of benzene rings is 3. The highest BCUT2D eigenvalue weighted by Crippen LogP contribution is 2.37. The zero-order valence-electron chi connectivity index (χ0n) is 18.3.